The highest BCUT2D eigenvalue weighted by molar-refractivity contribution is 6.24. The number of ether oxygens (including phenoxy) is 1. The number of carbonyl (C=O) groups is 3. The number of para-hydroxylation sites is 1. The molecule has 3 aliphatic heterocycles. The number of benzene rings is 2. The maximum Gasteiger partial charge on any atom is 0.327 e. The molecule has 5 rings (SSSR count). The van der Waals surface area contributed by atoms with Gasteiger partial charge in [0.1, 0.15) is 11.1 Å². The molecular formula is C25H26N2O4. The lowest BCUT2D eigenvalue weighted by Gasteiger charge is -2.34. The predicted molar refractivity (Wildman–Crippen MR) is 115 cm³/mol. The number of imide groups is 1. The highest BCUT2D eigenvalue weighted by atomic mass is 16.6. The van der Waals surface area contributed by atoms with Crippen LogP contribution in [-0.2, 0) is 24.7 Å². The summed E-state index contributed by atoms with van der Waals surface area (Å²) in [7, 11) is 0. The van der Waals surface area contributed by atoms with Crippen molar-refractivity contribution in [1.29, 1.82) is 0 Å². The first kappa shape index (κ1) is 19.9. The number of hydrogen-bond donors (Lipinski definition) is 1. The Labute approximate surface area is 181 Å². The fourth-order valence-electron chi connectivity index (χ4n) is 5.66. The number of rotatable bonds is 3. The highest BCUT2D eigenvalue weighted by Crippen LogP contribution is 2.61. The van der Waals surface area contributed by atoms with Gasteiger partial charge in [-0.25, -0.2) is 4.90 Å². The molecule has 3 fully saturated rings. The molecule has 2 aromatic rings. The lowest BCUT2D eigenvalue weighted by atomic mass is 9.65. The van der Waals surface area contributed by atoms with Crippen LogP contribution in [0.5, 0.6) is 0 Å². The van der Waals surface area contributed by atoms with Gasteiger partial charge in [0, 0.05) is 0 Å². The average molecular weight is 418 g/mol. The summed E-state index contributed by atoms with van der Waals surface area (Å²) in [5.74, 6) is -2.52. The second kappa shape index (κ2) is 6.50. The van der Waals surface area contributed by atoms with E-state index in [1.165, 1.54) is 4.90 Å². The van der Waals surface area contributed by atoms with Crippen LogP contribution < -0.4 is 10.2 Å². The zero-order valence-electron chi connectivity index (χ0n) is 17.9. The zero-order chi connectivity index (χ0) is 22.0. The Morgan fingerprint density at radius 1 is 0.935 bits per heavy atom. The van der Waals surface area contributed by atoms with Crippen LogP contribution in [0.1, 0.15) is 39.2 Å². The summed E-state index contributed by atoms with van der Waals surface area (Å²) in [5, 5.41) is 3.49. The van der Waals surface area contributed by atoms with Crippen molar-refractivity contribution in [3.8, 4) is 0 Å². The largest absolute Gasteiger partial charge is 0.459 e. The fraction of sp³-hybridized carbons (Fsp3) is 0.400. The van der Waals surface area contributed by atoms with Crippen LogP contribution in [0.2, 0.25) is 0 Å². The molecule has 6 nitrogen and oxygen atoms in total. The molecule has 1 N–H and O–H groups in total. The fourth-order valence-corrected chi connectivity index (χ4v) is 5.66. The highest BCUT2D eigenvalue weighted by Gasteiger charge is 2.77. The summed E-state index contributed by atoms with van der Waals surface area (Å²) >= 11 is 0. The summed E-state index contributed by atoms with van der Waals surface area (Å²) < 4.78 is 5.77. The summed E-state index contributed by atoms with van der Waals surface area (Å²) in [5.41, 5.74) is -1.24. The van der Waals surface area contributed by atoms with Gasteiger partial charge >= 0.3 is 5.97 Å². The van der Waals surface area contributed by atoms with Crippen LogP contribution in [0.3, 0.4) is 0 Å². The zero-order valence-corrected chi connectivity index (χ0v) is 17.9. The maximum atomic E-state index is 13.7. The van der Waals surface area contributed by atoms with Crippen LogP contribution in [0.25, 0.3) is 0 Å². The molecule has 0 aromatic heterocycles. The van der Waals surface area contributed by atoms with Crippen molar-refractivity contribution in [2.24, 2.45) is 11.8 Å². The Bertz CT molecular complexity index is 1060. The van der Waals surface area contributed by atoms with Crippen LogP contribution in [0.4, 0.5) is 5.69 Å². The SMILES string of the molecule is CC(C)(C)OC(=O)C12CCC(c3ccccc3)(N1)C1C(=O)N(c3ccccc3)C(=O)C12. The molecule has 0 aliphatic carbocycles. The van der Waals surface area contributed by atoms with Gasteiger partial charge in [0.15, 0.2) is 0 Å². The maximum absolute atomic E-state index is 13.7. The number of amides is 2. The third-order valence-corrected chi connectivity index (χ3v) is 6.79. The molecule has 160 valence electrons. The molecule has 4 unspecified atom stereocenters. The van der Waals surface area contributed by atoms with E-state index in [4.69, 9.17) is 4.74 Å². The molecule has 2 amide bonds. The summed E-state index contributed by atoms with van der Waals surface area (Å²) in [6.07, 6.45) is 1.03. The van der Waals surface area contributed by atoms with Gasteiger partial charge in [-0.2, -0.15) is 0 Å². The third-order valence-electron chi connectivity index (χ3n) is 6.79. The monoisotopic (exact) mass is 418 g/mol. The van der Waals surface area contributed by atoms with Crippen molar-refractivity contribution in [2.45, 2.75) is 50.3 Å². The second-order valence-corrected chi connectivity index (χ2v) is 9.74. The second-order valence-electron chi connectivity index (χ2n) is 9.74. The Hall–Kier alpha value is -2.99. The minimum absolute atomic E-state index is 0.261. The molecule has 0 radical (unpaired) electrons. The number of fused-ring (bicyclic) bond motifs is 5. The Balaban J connectivity index is 1.66. The third kappa shape index (κ3) is 2.71. The Morgan fingerprint density at radius 3 is 2.13 bits per heavy atom. The minimum atomic E-state index is -1.22. The van der Waals surface area contributed by atoms with Gasteiger partial charge in [-0.15, -0.1) is 0 Å². The van der Waals surface area contributed by atoms with Crippen molar-refractivity contribution in [2.75, 3.05) is 4.90 Å². The van der Waals surface area contributed by atoms with Crippen molar-refractivity contribution in [3.05, 3.63) is 66.2 Å². The van der Waals surface area contributed by atoms with Gasteiger partial charge in [-0.3, -0.25) is 19.7 Å². The number of hydrogen-bond acceptors (Lipinski definition) is 5. The van der Waals surface area contributed by atoms with Gasteiger partial charge in [0.2, 0.25) is 11.8 Å². The van der Waals surface area contributed by atoms with Crippen molar-refractivity contribution < 1.29 is 19.1 Å². The van der Waals surface area contributed by atoms with Crippen LogP contribution in [-0.4, -0.2) is 28.9 Å². The minimum Gasteiger partial charge on any atom is -0.459 e. The Kier molecular flexibility index (Phi) is 4.18. The van der Waals surface area contributed by atoms with Crippen LogP contribution in [0, 0.1) is 11.8 Å². The van der Waals surface area contributed by atoms with Gasteiger partial charge in [0.25, 0.3) is 0 Å². The molecule has 2 aromatic carbocycles. The van der Waals surface area contributed by atoms with Crippen molar-refractivity contribution in [1.82, 2.24) is 5.32 Å². The standard InChI is InChI=1S/C25H26N2O4/c1-23(2,3)31-22(30)25-15-14-24(26-25,16-10-6-4-7-11-16)18-19(25)21(29)27(20(18)28)17-12-8-5-9-13-17/h4-13,18-19,26H,14-15H2,1-3H3. The first-order chi connectivity index (χ1) is 14.7. The van der Waals surface area contributed by atoms with E-state index in [0.717, 1.165) is 5.56 Å². The van der Waals surface area contributed by atoms with E-state index in [0.29, 0.717) is 18.5 Å². The normalized spacial score (nSPS) is 31.8. The van der Waals surface area contributed by atoms with Gasteiger partial charge in [0.05, 0.1) is 23.1 Å². The number of anilines is 1. The number of nitrogens with one attached hydrogen (secondary N) is 1. The van der Waals surface area contributed by atoms with Gasteiger partial charge in [-0.05, 0) is 51.3 Å². The first-order valence-electron chi connectivity index (χ1n) is 10.7. The molecule has 31 heavy (non-hydrogen) atoms. The molecule has 2 bridgehead atoms. The van der Waals surface area contributed by atoms with E-state index in [-0.39, 0.29) is 11.8 Å². The van der Waals surface area contributed by atoms with E-state index in [2.05, 4.69) is 5.32 Å². The topological polar surface area (TPSA) is 75.7 Å². The molecule has 3 heterocycles. The lowest BCUT2D eigenvalue weighted by Crippen LogP contribution is -2.56. The Morgan fingerprint density at radius 2 is 1.52 bits per heavy atom. The van der Waals surface area contributed by atoms with E-state index >= 15 is 0 Å². The lowest BCUT2D eigenvalue weighted by molar-refractivity contribution is -0.165. The molecular weight excluding hydrogens is 392 g/mol. The molecule has 3 aliphatic rings. The van der Waals surface area contributed by atoms with E-state index in [1.54, 1.807) is 24.3 Å². The van der Waals surface area contributed by atoms with Crippen molar-refractivity contribution in [3.63, 3.8) is 0 Å². The summed E-state index contributed by atoms with van der Waals surface area (Å²) in [6.45, 7) is 5.43. The predicted octanol–water partition coefficient (Wildman–Crippen LogP) is 3.17. The van der Waals surface area contributed by atoms with Crippen LogP contribution >= 0.6 is 0 Å². The number of carbonyl (C=O) groups excluding carboxylic acids is 3. The van der Waals surface area contributed by atoms with Crippen LogP contribution in [0.15, 0.2) is 60.7 Å². The van der Waals surface area contributed by atoms with Gasteiger partial charge in [-0.1, -0.05) is 48.5 Å². The quantitative estimate of drug-likeness (QED) is 0.612. The molecule has 0 saturated carbocycles. The number of nitrogens with zero attached hydrogens (tertiary/aromatic N) is 1. The summed E-state index contributed by atoms with van der Waals surface area (Å²) in [6, 6.07) is 18.6. The molecule has 4 atom stereocenters. The van der Waals surface area contributed by atoms with E-state index in [1.807, 2.05) is 57.2 Å². The number of esters is 1. The summed E-state index contributed by atoms with van der Waals surface area (Å²) in [4.78, 5) is 42.2. The van der Waals surface area contributed by atoms with Gasteiger partial charge < -0.3 is 4.74 Å². The van der Waals surface area contributed by atoms with Crippen molar-refractivity contribution >= 4 is 23.5 Å². The smallest absolute Gasteiger partial charge is 0.327 e. The van der Waals surface area contributed by atoms with E-state index in [9.17, 15) is 14.4 Å². The molecule has 0 spiro atoms. The first-order valence-corrected chi connectivity index (χ1v) is 10.7. The van der Waals surface area contributed by atoms with E-state index < -0.39 is 34.5 Å². The molecule has 3 saturated heterocycles. The molecule has 6 heteroatoms. The average Bonchev–Trinajstić information content (AvgIpc) is 3.37.